The van der Waals surface area contributed by atoms with Crippen LogP contribution in [0, 0.1) is 0 Å². The number of piperazine rings is 1. The molecule has 1 saturated heterocycles. The molecule has 4 rings (SSSR count). The summed E-state index contributed by atoms with van der Waals surface area (Å²) >= 11 is 1.17. The Bertz CT molecular complexity index is 1240. The van der Waals surface area contributed by atoms with E-state index in [4.69, 9.17) is 4.42 Å². The van der Waals surface area contributed by atoms with Crippen LogP contribution in [-0.4, -0.2) is 58.9 Å². The van der Waals surface area contributed by atoms with Gasteiger partial charge < -0.3 is 18.8 Å². The molecule has 34 heavy (non-hydrogen) atoms. The molecule has 1 fully saturated rings. The molecule has 7 nitrogen and oxygen atoms in total. The molecule has 1 aromatic carbocycles. The van der Waals surface area contributed by atoms with Gasteiger partial charge in [0.15, 0.2) is 10.6 Å². The van der Waals surface area contributed by atoms with Crippen molar-refractivity contribution in [2.45, 2.75) is 19.6 Å². The van der Waals surface area contributed by atoms with Gasteiger partial charge in [0.05, 0.1) is 12.1 Å². The van der Waals surface area contributed by atoms with Gasteiger partial charge in [0.2, 0.25) is 0 Å². The monoisotopic (exact) mass is 492 g/mol. The molecule has 1 aliphatic rings. The first kappa shape index (κ1) is 24.0. The van der Waals surface area contributed by atoms with Gasteiger partial charge in [-0.2, -0.15) is 18.2 Å². The minimum atomic E-state index is -4.54. The van der Waals surface area contributed by atoms with E-state index in [1.54, 1.807) is 33.2 Å². The highest BCUT2D eigenvalue weighted by Gasteiger charge is 2.31. The lowest BCUT2D eigenvalue weighted by Gasteiger charge is -2.33. The molecule has 3 heterocycles. The lowest BCUT2D eigenvalue weighted by Crippen LogP contribution is -2.48. The fourth-order valence-corrected chi connectivity index (χ4v) is 4.38. The molecule has 0 bridgehead atoms. The van der Waals surface area contributed by atoms with Crippen molar-refractivity contribution in [3.63, 3.8) is 0 Å². The van der Waals surface area contributed by atoms with Crippen LogP contribution in [-0.2, 0) is 12.7 Å². The van der Waals surface area contributed by atoms with E-state index in [2.05, 4.69) is 16.8 Å². The Morgan fingerprint density at radius 1 is 1.12 bits per heavy atom. The second-order valence-electron chi connectivity index (χ2n) is 7.80. The molecule has 0 spiro atoms. The quantitative estimate of drug-likeness (QED) is 0.544. The summed E-state index contributed by atoms with van der Waals surface area (Å²) in [6.45, 7) is 6.19. The lowest BCUT2D eigenvalue weighted by molar-refractivity contribution is -0.137. The van der Waals surface area contributed by atoms with E-state index in [1.165, 1.54) is 23.5 Å². The van der Waals surface area contributed by atoms with Crippen molar-refractivity contribution in [3.8, 4) is 0 Å². The van der Waals surface area contributed by atoms with E-state index in [-0.39, 0.29) is 23.8 Å². The number of carbonyl (C=O) groups is 2. The Kier molecular flexibility index (Phi) is 7.03. The number of nitrogens with zero attached hydrogens (tertiary/aromatic N) is 4. The van der Waals surface area contributed by atoms with Gasteiger partial charge in [-0.15, -0.1) is 11.3 Å². The van der Waals surface area contributed by atoms with Crippen LogP contribution in [0.15, 0.2) is 57.4 Å². The SMILES string of the molecule is CCN1CCN(C(=O)c2ccc(Cn3ccsc3=NC(=O)c3cccc(C(F)(F)F)c3)o2)CC1. The molecule has 0 unspecified atom stereocenters. The molecule has 0 aliphatic carbocycles. The van der Waals surface area contributed by atoms with E-state index < -0.39 is 17.6 Å². The molecule has 180 valence electrons. The summed E-state index contributed by atoms with van der Waals surface area (Å²) in [4.78, 5) is 33.6. The Morgan fingerprint density at radius 2 is 1.88 bits per heavy atom. The van der Waals surface area contributed by atoms with Crippen LogP contribution in [0.1, 0.15) is 39.2 Å². The zero-order chi connectivity index (χ0) is 24.3. The van der Waals surface area contributed by atoms with Gasteiger partial charge in [-0.25, -0.2) is 0 Å². The summed E-state index contributed by atoms with van der Waals surface area (Å²) in [6.07, 6.45) is -2.85. The van der Waals surface area contributed by atoms with Gasteiger partial charge in [-0.05, 0) is 36.9 Å². The number of carbonyl (C=O) groups excluding carboxylic acids is 2. The minimum absolute atomic E-state index is 0.149. The van der Waals surface area contributed by atoms with E-state index in [9.17, 15) is 22.8 Å². The first-order chi connectivity index (χ1) is 16.2. The summed E-state index contributed by atoms with van der Waals surface area (Å²) in [5.41, 5.74) is -1.06. The number of amides is 2. The van der Waals surface area contributed by atoms with Crippen molar-refractivity contribution in [2.75, 3.05) is 32.7 Å². The average Bonchev–Trinajstić information content (AvgIpc) is 3.48. The van der Waals surface area contributed by atoms with Crippen molar-refractivity contribution in [3.05, 3.63) is 75.4 Å². The molecule has 0 N–H and O–H groups in total. The number of hydrogen-bond donors (Lipinski definition) is 0. The number of rotatable bonds is 5. The molecule has 0 saturated carbocycles. The van der Waals surface area contributed by atoms with Crippen LogP contribution in [0.2, 0.25) is 0 Å². The third kappa shape index (κ3) is 5.48. The number of hydrogen-bond acceptors (Lipinski definition) is 5. The topological polar surface area (TPSA) is 71.1 Å². The highest BCUT2D eigenvalue weighted by Crippen LogP contribution is 2.29. The molecular weight excluding hydrogens is 469 g/mol. The Morgan fingerprint density at radius 3 is 2.59 bits per heavy atom. The van der Waals surface area contributed by atoms with Crippen LogP contribution < -0.4 is 4.80 Å². The molecular formula is C23H23F3N4O3S. The number of thiazole rings is 1. The number of furan rings is 1. The number of likely N-dealkylation sites (N-methyl/N-ethyl adjacent to an activating group) is 1. The summed E-state index contributed by atoms with van der Waals surface area (Å²) < 4.78 is 46.2. The number of halogens is 3. The number of alkyl halides is 3. The first-order valence-corrected chi connectivity index (χ1v) is 11.6. The Labute approximate surface area is 197 Å². The molecule has 2 amide bonds. The van der Waals surface area contributed by atoms with Gasteiger partial charge in [-0.3, -0.25) is 9.59 Å². The zero-order valence-corrected chi connectivity index (χ0v) is 19.2. The molecule has 1 aliphatic heterocycles. The van der Waals surface area contributed by atoms with Gasteiger partial charge in [0, 0.05) is 43.3 Å². The maximum Gasteiger partial charge on any atom is 0.416 e. The van der Waals surface area contributed by atoms with Crippen LogP contribution in [0.25, 0.3) is 0 Å². The molecule has 3 aromatic rings. The van der Waals surface area contributed by atoms with Crippen LogP contribution >= 0.6 is 11.3 Å². The maximum absolute atomic E-state index is 12.9. The average molecular weight is 493 g/mol. The van der Waals surface area contributed by atoms with Crippen molar-refractivity contribution in [1.29, 1.82) is 0 Å². The lowest BCUT2D eigenvalue weighted by atomic mass is 10.1. The molecule has 0 atom stereocenters. The van der Waals surface area contributed by atoms with Crippen molar-refractivity contribution in [2.24, 2.45) is 4.99 Å². The van der Waals surface area contributed by atoms with Gasteiger partial charge in [0.1, 0.15) is 5.76 Å². The second-order valence-corrected chi connectivity index (χ2v) is 8.67. The van der Waals surface area contributed by atoms with Crippen LogP contribution in [0.4, 0.5) is 13.2 Å². The summed E-state index contributed by atoms with van der Waals surface area (Å²) in [5, 5.41) is 1.71. The van der Waals surface area contributed by atoms with Gasteiger partial charge in [-0.1, -0.05) is 13.0 Å². The van der Waals surface area contributed by atoms with Crippen LogP contribution in [0.3, 0.4) is 0 Å². The third-order valence-corrected chi connectivity index (χ3v) is 6.39. The fraction of sp³-hybridized carbons (Fsp3) is 0.348. The zero-order valence-electron chi connectivity index (χ0n) is 18.4. The normalized spacial score (nSPS) is 15.6. The second kappa shape index (κ2) is 9.98. The Balaban J connectivity index is 1.47. The summed E-state index contributed by atoms with van der Waals surface area (Å²) in [7, 11) is 0. The van der Waals surface area contributed by atoms with Crippen molar-refractivity contribution in [1.82, 2.24) is 14.4 Å². The highest BCUT2D eigenvalue weighted by atomic mass is 32.1. The maximum atomic E-state index is 12.9. The van der Waals surface area contributed by atoms with Gasteiger partial charge in [0.25, 0.3) is 11.8 Å². The number of aromatic nitrogens is 1. The summed E-state index contributed by atoms with van der Waals surface area (Å²) in [5.74, 6) is -0.193. The summed E-state index contributed by atoms with van der Waals surface area (Å²) in [6, 6.07) is 7.48. The minimum Gasteiger partial charge on any atom is -0.454 e. The molecule has 11 heteroatoms. The standard InChI is InChI=1S/C23H23F3N4O3S/c1-2-28-8-10-29(11-9-28)21(32)19-7-6-18(33-19)15-30-12-13-34-22(30)27-20(31)16-4-3-5-17(14-16)23(24,25)26/h3-7,12-14H,2,8-11,15H2,1H3. The van der Waals surface area contributed by atoms with Gasteiger partial charge >= 0.3 is 6.18 Å². The largest absolute Gasteiger partial charge is 0.454 e. The molecule has 0 radical (unpaired) electrons. The van der Waals surface area contributed by atoms with E-state index in [0.29, 0.717) is 23.7 Å². The van der Waals surface area contributed by atoms with Crippen molar-refractivity contribution >= 4 is 23.2 Å². The first-order valence-electron chi connectivity index (χ1n) is 10.7. The third-order valence-electron chi connectivity index (χ3n) is 5.60. The number of benzene rings is 1. The van der Waals surface area contributed by atoms with E-state index in [1.807, 2.05) is 0 Å². The van der Waals surface area contributed by atoms with Crippen LogP contribution in [0.5, 0.6) is 0 Å². The van der Waals surface area contributed by atoms with E-state index >= 15 is 0 Å². The smallest absolute Gasteiger partial charge is 0.416 e. The highest BCUT2D eigenvalue weighted by molar-refractivity contribution is 7.07. The van der Waals surface area contributed by atoms with E-state index in [0.717, 1.165) is 31.8 Å². The molecule has 2 aromatic heterocycles. The predicted octanol–water partition coefficient (Wildman–Crippen LogP) is 3.73. The fourth-order valence-electron chi connectivity index (χ4n) is 3.66. The van der Waals surface area contributed by atoms with Crippen molar-refractivity contribution < 1.29 is 27.2 Å². The Hall–Kier alpha value is -3.18. The predicted molar refractivity (Wildman–Crippen MR) is 119 cm³/mol.